The zero-order valence-corrected chi connectivity index (χ0v) is 14.9. The van der Waals surface area contributed by atoms with Crippen molar-refractivity contribution in [3.63, 3.8) is 0 Å². The molecule has 0 aromatic rings. The molecule has 0 saturated heterocycles. The summed E-state index contributed by atoms with van der Waals surface area (Å²) in [6.07, 6.45) is -9.28. The third kappa shape index (κ3) is 6.90. The van der Waals surface area contributed by atoms with Crippen molar-refractivity contribution in [1.82, 2.24) is 0 Å². The summed E-state index contributed by atoms with van der Waals surface area (Å²) in [6, 6.07) is 0. The Bertz CT molecular complexity index is 213. The van der Waals surface area contributed by atoms with Gasteiger partial charge in [-0.1, -0.05) is 0 Å². The minimum absolute atomic E-state index is 0. The van der Waals surface area contributed by atoms with E-state index >= 15 is 0 Å². The van der Waals surface area contributed by atoms with Crippen LogP contribution in [-0.4, -0.2) is 93.2 Å². The molecule has 84 valence electrons. The summed E-state index contributed by atoms with van der Waals surface area (Å²) in [5.41, 5.74) is 0. The van der Waals surface area contributed by atoms with Crippen LogP contribution in [-0.2, 0) is 9.59 Å². The number of carboxylic acid groups (broad SMARTS) is 2. The quantitative estimate of drug-likeness (QED) is 0.222. The van der Waals surface area contributed by atoms with Gasteiger partial charge >= 0.3 is 89.5 Å². The van der Waals surface area contributed by atoms with Crippen molar-refractivity contribution in [2.75, 3.05) is 0 Å². The molecule has 0 aliphatic rings. The van der Waals surface area contributed by atoms with Crippen molar-refractivity contribution in [1.29, 1.82) is 0 Å². The first-order valence-electron chi connectivity index (χ1n) is 3.47. The molecule has 0 spiro atoms. The van der Waals surface area contributed by atoms with Gasteiger partial charge in [0.05, 0.1) is 0 Å². The molecule has 0 aliphatic carbocycles. The summed E-state index contributed by atoms with van der Waals surface area (Å²) < 4.78 is 0. The molecule has 0 bridgehead atoms. The molecule has 10 heteroatoms. The number of carboxylic acids is 2. The van der Waals surface area contributed by atoms with Crippen molar-refractivity contribution in [3.05, 3.63) is 0 Å². The molecule has 0 aromatic carbocycles. The largest absolute Gasteiger partial charge is 3.00 e. The third-order valence-electron chi connectivity index (χ3n) is 1.50. The summed E-state index contributed by atoms with van der Waals surface area (Å²) in [4.78, 5) is 20.2. The Morgan fingerprint density at radius 3 is 1.06 bits per heavy atom. The van der Waals surface area contributed by atoms with Crippen LogP contribution >= 0.6 is 0 Å². The van der Waals surface area contributed by atoms with Gasteiger partial charge in [-0.2, -0.15) is 0 Å². The first-order valence-corrected chi connectivity index (χ1v) is 3.47. The molecule has 6 N–H and O–H groups in total. The molecule has 16 heavy (non-hydrogen) atoms. The van der Waals surface area contributed by atoms with Crippen molar-refractivity contribution >= 4 is 38.1 Å². The van der Waals surface area contributed by atoms with E-state index in [1.54, 1.807) is 0 Å². The van der Waals surface area contributed by atoms with Gasteiger partial charge in [-0.15, -0.1) is 0 Å². The monoisotopic (exact) mass is 458 g/mol. The van der Waals surface area contributed by atoms with E-state index in [-0.39, 0.29) is 77.6 Å². The van der Waals surface area contributed by atoms with E-state index in [9.17, 15) is 9.59 Å². The van der Waals surface area contributed by atoms with Crippen LogP contribution < -0.4 is 51.4 Å². The molecule has 0 aliphatic heterocycles. The van der Waals surface area contributed by atoms with Crippen LogP contribution in [0.2, 0.25) is 0 Å². The summed E-state index contributed by atoms with van der Waals surface area (Å²) in [7, 11) is 0. The van der Waals surface area contributed by atoms with Crippen LogP contribution in [0.3, 0.4) is 0 Å². The van der Waals surface area contributed by atoms with E-state index in [0.717, 1.165) is 0 Å². The van der Waals surface area contributed by atoms with E-state index in [1.165, 1.54) is 0 Å². The number of hydrogen-bond acceptors (Lipinski definition) is 6. The Morgan fingerprint density at radius 2 is 0.938 bits per heavy atom. The molecule has 8 nitrogen and oxygen atoms in total. The molecule has 0 saturated carbocycles. The van der Waals surface area contributed by atoms with Gasteiger partial charge in [0.25, 0.3) is 0 Å². The first-order chi connectivity index (χ1) is 6.29. The van der Waals surface area contributed by atoms with E-state index in [0.29, 0.717) is 0 Å². The summed E-state index contributed by atoms with van der Waals surface area (Å²) >= 11 is 0. The van der Waals surface area contributed by atoms with Crippen molar-refractivity contribution < 1.29 is 91.6 Å². The predicted octanol–water partition coefficient (Wildman–Crippen LogP) is -6.78. The molecule has 0 unspecified atom stereocenters. The standard InChI is InChI=1S/C6H10O8.Bi.K/c7-1(3(9)5(11)12)2(8)4(10)6(13)14;;/h1-4,7-10H,(H,11,12)(H,13,14);;/q;+3;+1/t1-,2-,3-,4+;;/m0../s1. The number of aliphatic hydroxyl groups excluding tert-OH is 4. The second kappa shape index (κ2) is 10.2. The van der Waals surface area contributed by atoms with Gasteiger partial charge in [0.2, 0.25) is 0 Å². The Labute approximate surface area is 152 Å². The average Bonchev–Trinajstić information content (AvgIpc) is 2.12. The number of hydrogen-bond donors (Lipinski definition) is 6. The molecule has 0 aromatic heterocycles. The fourth-order valence-electron chi connectivity index (χ4n) is 0.666. The summed E-state index contributed by atoms with van der Waals surface area (Å²) in [5.74, 6) is -3.68. The number of carbonyl (C=O) groups is 2. The van der Waals surface area contributed by atoms with E-state index in [1.807, 2.05) is 0 Å². The number of aliphatic carboxylic acids is 2. The maximum atomic E-state index is 10.1. The average molecular weight is 458 g/mol. The minimum atomic E-state index is -2.36. The van der Waals surface area contributed by atoms with Gasteiger partial charge < -0.3 is 30.6 Å². The molecule has 0 fully saturated rings. The van der Waals surface area contributed by atoms with E-state index in [4.69, 9.17) is 30.6 Å². The maximum absolute atomic E-state index is 10.1. The zero-order chi connectivity index (χ0) is 11.5. The van der Waals surface area contributed by atoms with Crippen molar-refractivity contribution in [2.45, 2.75) is 24.4 Å². The Balaban J connectivity index is -0.000000845. The van der Waals surface area contributed by atoms with Crippen LogP contribution in [0.1, 0.15) is 0 Å². The van der Waals surface area contributed by atoms with E-state index < -0.39 is 36.4 Å². The van der Waals surface area contributed by atoms with Crippen molar-refractivity contribution in [3.8, 4) is 0 Å². The van der Waals surface area contributed by atoms with Crippen LogP contribution in [0.4, 0.5) is 0 Å². The summed E-state index contributed by atoms with van der Waals surface area (Å²) in [6.45, 7) is 0. The molecule has 4 atom stereocenters. The van der Waals surface area contributed by atoms with Gasteiger partial charge in [0, 0.05) is 0 Å². The van der Waals surface area contributed by atoms with Crippen LogP contribution in [0, 0.1) is 0 Å². The van der Waals surface area contributed by atoms with Crippen LogP contribution in [0.5, 0.6) is 0 Å². The predicted molar refractivity (Wildman–Crippen MR) is 45.1 cm³/mol. The zero-order valence-electron chi connectivity index (χ0n) is 8.26. The van der Waals surface area contributed by atoms with Gasteiger partial charge in [0.15, 0.2) is 12.2 Å². The van der Waals surface area contributed by atoms with Gasteiger partial charge in [0.1, 0.15) is 12.2 Å². The van der Waals surface area contributed by atoms with Gasteiger partial charge in [-0.3, -0.25) is 0 Å². The number of rotatable bonds is 5. The second-order valence-electron chi connectivity index (χ2n) is 2.55. The van der Waals surface area contributed by atoms with Crippen molar-refractivity contribution in [2.24, 2.45) is 0 Å². The Morgan fingerprint density at radius 1 is 0.750 bits per heavy atom. The molecular weight excluding hydrogens is 448 g/mol. The Hall–Kier alpha value is 1.30. The Kier molecular flexibility index (Phi) is 14.4. The first kappa shape index (κ1) is 22.5. The fourth-order valence-corrected chi connectivity index (χ4v) is 0.666. The van der Waals surface area contributed by atoms with Gasteiger partial charge in [-0.25, -0.2) is 9.59 Å². The third-order valence-corrected chi connectivity index (χ3v) is 1.50. The SMILES string of the molecule is O=C(O)[C@@H](O)[C@@H](O)[C@H](O)[C@@H](O)C(=O)O.[Bi+3].[K+]. The second-order valence-corrected chi connectivity index (χ2v) is 2.55. The van der Waals surface area contributed by atoms with E-state index in [2.05, 4.69) is 0 Å². The molecule has 0 rings (SSSR count). The van der Waals surface area contributed by atoms with Crippen LogP contribution in [0.15, 0.2) is 0 Å². The maximum Gasteiger partial charge on any atom is 3.00 e. The minimum Gasteiger partial charge on any atom is -0.479 e. The normalized spacial score (nSPS) is 17.0. The fraction of sp³-hybridized carbons (Fsp3) is 0.667. The topological polar surface area (TPSA) is 156 Å². The summed E-state index contributed by atoms with van der Waals surface area (Å²) in [5, 5.41) is 51.5. The molecule has 0 amide bonds. The van der Waals surface area contributed by atoms with Gasteiger partial charge in [-0.05, 0) is 0 Å². The molecule has 2 radical (unpaired) electrons. The van der Waals surface area contributed by atoms with Crippen LogP contribution in [0.25, 0.3) is 0 Å². The molecule has 0 heterocycles. The molecular formula is C6H10BiKO8+4. The number of aliphatic hydroxyl groups is 4. The smallest absolute Gasteiger partial charge is 0.479 e.